The first-order valence-corrected chi connectivity index (χ1v) is 12.7. The number of hydrogen-bond donors (Lipinski definition) is 1. The highest BCUT2D eigenvalue weighted by atomic mass is 32.2. The van der Waals surface area contributed by atoms with Crippen LogP contribution >= 0.6 is 24.0 Å². The first-order chi connectivity index (χ1) is 16.9. The lowest BCUT2D eigenvalue weighted by atomic mass is 10.1. The summed E-state index contributed by atoms with van der Waals surface area (Å²) in [6.45, 7) is 5.31. The molecular weight excluding hydrogens is 484 g/mol. The molecule has 1 aliphatic heterocycles. The van der Waals surface area contributed by atoms with E-state index >= 15 is 0 Å². The first-order valence-electron chi connectivity index (χ1n) is 11.5. The van der Waals surface area contributed by atoms with Crippen LogP contribution < -0.4 is 14.8 Å². The lowest BCUT2D eigenvalue weighted by Gasteiger charge is -2.14. The van der Waals surface area contributed by atoms with E-state index in [1.807, 2.05) is 37.3 Å². The van der Waals surface area contributed by atoms with Crippen LogP contribution in [0.5, 0.6) is 11.5 Å². The van der Waals surface area contributed by atoms with Gasteiger partial charge in [-0.15, -0.1) is 0 Å². The lowest BCUT2D eigenvalue weighted by molar-refractivity contribution is -0.122. The number of nitrogens with zero attached hydrogens (tertiary/aromatic N) is 1. The molecule has 1 aliphatic rings. The predicted octanol–water partition coefficient (Wildman–Crippen LogP) is 4.90. The fraction of sp³-hybridized carbons (Fsp3) is 0.346. The second kappa shape index (κ2) is 13.3. The maximum atomic E-state index is 12.8. The minimum Gasteiger partial charge on any atom is -0.490 e. The topological polar surface area (TPSA) is 77.1 Å². The van der Waals surface area contributed by atoms with Gasteiger partial charge in [-0.05, 0) is 61.2 Å². The molecule has 2 amide bonds. The van der Waals surface area contributed by atoms with E-state index in [2.05, 4.69) is 12.2 Å². The van der Waals surface area contributed by atoms with Crippen LogP contribution in [0.3, 0.4) is 0 Å². The third-order valence-corrected chi connectivity index (χ3v) is 6.55. The summed E-state index contributed by atoms with van der Waals surface area (Å²) in [6.07, 6.45) is 3.44. The van der Waals surface area contributed by atoms with E-state index < -0.39 is 0 Å². The summed E-state index contributed by atoms with van der Waals surface area (Å²) in [5, 5.41) is 2.83. The van der Waals surface area contributed by atoms with Crippen LogP contribution in [0.25, 0.3) is 6.08 Å². The minimum atomic E-state index is -0.266. The molecular formula is C26H30N2O5S2. The smallest absolute Gasteiger partial charge is 0.266 e. The van der Waals surface area contributed by atoms with Gasteiger partial charge in [0, 0.05) is 25.9 Å². The summed E-state index contributed by atoms with van der Waals surface area (Å²) >= 11 is 6.65. The fourth-order valence-corrected chi connectivity index (χ4v) is 4.69. The number of hydrogen-bond acceptors (Lipinski definition) is 7. The van der Waals surface area contributed by atoms with Crippen molar-refractivity contribution in [3.05, 3.63) is 58.5 Å². The van der Waals surface area contributed by atoms with Crippen molar-refractivity contribution in [2.24, 2.45) is 0 Å². The second-order valence-electron chi connectivity index (χ2n) is 7.71. The molecule has 35 heavy (non-hydrogen) atoms. The van der Waals surface area contributed by atoms with Crippen LogP contribution in [-0.4, -0.2) is 54.5 Å². The van der Waals surface area contributed by atoms with Gasteiger partial charge in [-0.1, -0.05) is 49.1 Å². The normalized spacial score (nSPS) is 14.5. The first kappa shape index (κ1) is 26.7. The minimum absolute atomic E-state index is 0.113. The molecule has 1 fully saturated rings. The van der Waals surface area contributed by atoms with Crippen molar-refractivity contribution in [1.29, 1.82) is 0 Å². The number of thioether (sulfide) groups is 1. The van der Waals surface area contributed by atoms with E-state index in [1.54, 1.807) is 30.2 Å². The Bertz CT molecular complexity index is 1090. The summed E-state index contributed by atoms with van der Waals surface area (Å²) in [6, 6.07) is 13.0. The fourth-order valence-electron chi connectivity index (χ4n) is 3.38. The SMILES string of the molecule is CCOc1cc(/C=C2\SC(=S)N(CCCOC)C2=O)ccc1OCC(=O)Nc1ccc(CC)cc1. The van der Waals surface area contributed by atoms with Crippen LogP contribution in [0.15, 0.2) is 47.4 Å². The highest BCUT2D eigenvalue weighted by Crippen LogP contribution is 2.35. The molecule has 0 atom stereocenters. The van der Waals surface area contributed by atoms with E-state index in [4.69, 9.17) is 26.4 Å². The number of thiocarbonyl (C=S) groups is 1. The van der Waals surface area contributed by atoms with Gasteiger partial charge in [-0.3, -0.25) is 14.5 Å². The summed E-state index contributed by atoms with van der Waals surface area (Å²) in [5.41, 5.74) is 2.70. The number of amides is 2. The van der Waals surface area contributed by atoms with Crippen molar-refractivity contribution in [3.63, 3.8) is 0 Å². The van der Waals surface area contributed by atoms with Crippen molar-refractivity contribution in [2.45, 2.75) is 26.7 Å². The lowest BCUT2D eigenvalue weighted by Crippen LogP contribution is -2.29. The van der Waals surface area contributed by atoms with Crippen LogP contribution in [-0.2, 0) is 20.7 Å². The van der Waals surface area contributed by atoms with Crippen molar-refractivity contribution < 1.29 is 23.8 Å². The number of rotatable bonds is 12. The third kappa shape index (κ3) is 7.55. The molecule has 2 aromatic carbocycles. The molecule has 1 N–H and O–H groups in total. The summed E-state index contributed by atoms with van der Waals surface area (Å²) in [4.78, 5) is 27.3. The molecule has 0 radical (unpaired) electrons. The zero-order chi connectivity index (χ0) is 25.2. The number of carbonyl (C=O) groups is 2. The van der Waals surface area contributed by atoms with Crippen molar-refractivity contribution in [2.75, 3.05) is 38.8 Å². The summed E-state index contributed by atoms with van der Waals surface area (Å²) in [7, 11) is 1.63. The van der Waals surface area contributed by atoms with Gasteiger partial charge < -0.3 is 19.5 Å². The second-order valence-corrected chi connectivity index (χ2v) is 9.38. The Balaban J connectivity index is 1.65. The van der Waals surface area contributed by atoms with E-state index in [9.17, 15) is 9.59 Å². The maximum Gasteiger partial charge on any atom is 0.266 e. The standard InChI is InChI=1S/C26H30N2O5S2/c1-4-18-7-10-20(11-8-18)27-24(29)17-33-21-12-9-19(15-22(21)32-5-2)16-23-25(30)28(26(34)35-23)13-6-14-31-3/h7-12,15-16H,4-6,13-14,17H2,1-3H3,(H,27,29)/b23-16-. The Kier molecular flexibility index (Phi) is 10.1. The summed E-state index contributed by atoms with van der Waals surface area (Å²) < 4.78 is 17.1. The molecule has 0 spiro atoms. The van der Waals surface area contributed by atoms with Gasteiger partial charge in [0.2, 0.25) is 0 Å². The van der Waals surface area contributed by atoms with Gasteiger partial charge in [-0.25, -0.2) is 0 Å². The van der Waals surface area contributed by atoms with Gasteiger partial charge in [0.15, 0.2) is 18.1 Å². The summed E-state index contributed by atoms with van der Waals surface area (Å²) in [5.74, 6) is 0.570. The van der Waals surface area contributed by atoms with Crippen molar-refractivity contribution in [1.82, 2.24) is 4.90 Å². The molecule has 0 bridgehead atoms. The molecule has 186 valence electrons. The largest absolute Gasteiger partial charge is 0.490 e. The molecule has 1 saturated heterocycles. The number of nitrogens with one attached hydrogen (secondary N) is 1. The molecule has 0 saturated carbocycles. The molecule has 1 heterocycles. The van der Waals surface area contributed by atoms with Crippen molar-refractivity contribution in [3.8, 4) is 11.5 Å². The highest BCUT2D eigenvalue weighted by Gasteiger charge is 2.31. The number of ether oxygens (including phenoxy) is 3. The number of anilines is 1. The molecule has 2 aromatic rings. The number of methoxy groups -OCH3 is 1. The molecule has 3 rings (SSSR count). The Labute approximate surface area is 215 Å². The van der Waals surface area contributed by atoms with Crippen LogP contribution in [0.1, 0.15) is 31.4 Å². The van der Waals surface area contributed by atoms with Gasteiger partial charge >= 0.3 is 0 Å². The number of benzene rings is 2. The maximum absolute atomic E-state index is 12.8. The van der Waals surface area contributed by atoms with Crippen molar-refractivity contribution >= 4 is 51.9 Å². The molecule has 7 nitrogen and oxygen atoms in total. The average molecular weight is 515 g/mol. The van der Waals surface area contributed by atoms with E-state index in [-0.39, 0.29) is 18.4 Å². The Morgan fingerprint density at radius 3 is 2.57 bits per heavy atom. The molecule has 0 unspecified atom stereocenters. The van der Waals surface area contributed by atoms with E-state index in [0.29, 0.717) is 46.9 Å². The van der Waals surface area contributed by atoms with E-state index in [1.165, 1.54) is 17.3 Å². The van der Waals surface area contributed by atoms with Crippen LogP contribution in [0.2, 0.25) is 0 Å². The zero-order valence-electron chi connectivity index (χ0n) is 20.2. The zero-order valence-corrected chi connectivity index (χ0v) is 21.8. The third-order valence-electron chi connectivity index (χ3n) is 5.17. The molecule has 0 aliphatic carbocycles. The predicted molar refractivity (Wildman–Crippen MR) is 144 cm³/mol. The van der Waals surface area contributed by atoms with Crippen LogP contribution in [0, 0.1) is 0 Å². The number of carbonyl (C=O) groups excluding carboxylic acids is 2. The van der Waals surface area contributed by atoms with Gasteiger partial charge in [0.05, 0.1) is 11.5 Å². The van der Waals surface area contributed by atoms with Gasteiger partial charge in [-0.2, -0.15) is 0 Å². The van der Waals surface area contributed by atoms with Gasteiger partial charge in [0.1, 0.15) is 4.32 Å². The molecule has 9 heteroatoms. The van der Waals surface area contributed by atoms with Gasteiger partial charge in [0.25, 0.3) is 11.8 Å². The van der Waals surface area contributed by atoms with Crippen LogP contribution in [0.4, 0.5) is 5.69 Å². The Hall–Kier alpha value is -2.88. The monoisotopic (exact) mass is 514 g/mol. The van der Waals surface area contributed by atoms with E-state index in [0.717, 1.165) is 17.7 Å². The Morgan fingerprint density at radius 2 is 1.89 bits per heavy atom. The average Bonchev–Trinajstić information content (AvgIpc) is 3.11. The molecule has 0 aromatic heterocycles. The quantitative estimate of drug-likeness (QED) is 0.245. The number of aryl methyl sites for hydroxylation is 1. The highest BCUT2D eigenvalue weighted by molar-refractivity contribution is 8.26. The Morgan fingerprint density at radius 1 is 1.11 bits per heavy atom.